The van der Waals surface area contributed by atoms with E-state index >= 15 is 0 Å². The highest BCUT2D eigenvalue weighted by molar-refractivity contribution is 6.21. The summed E-state index contributed by atoms with van der Waals surface area (Å²) in [5.74, 6) is -0.513. The zero-order valence-electron chi connectivity index (χ0n) is 20.1. The Morgan fingerprint density at radius 3 is 1.47 bits per heavy atom. The lowest BCUT2D eigenvalue weighted by molar-refractivity contribution is 0.0276. The van der Waals surface area contributed by atoms with Crippen molar-refractivity contribution in [1.29, 1.82) is 0 Å². The van der Waals surface area contributed by atoms with Crippen LogP contribution in [0.3, 0.4) is 0 Å². The van der Waals surface area contributed by atoms with Crippen molar-refractivity contribution in [3.05, 3.63) is 155 Å². The van der Waals surface area contributed by atoms with Crippen LogP contribution in [0.4, 0.5) is 0 Å². The molecule has 0 aromatic heterocycles. The van der Waals surface area contributed by atoms with Crippen molar-refractivity contribution in [3.8, 4) is 0 Å². The van der Waals surface area contributed by atoms with Gasteiger partial charge in [-0.3, -0.25) is 14.5 Å². The van der Waals surface area contributed by atoms with Crippen LogP contribution in [-0.2, 0) is 10.3 Å². The number of rotatable bonds is 8. The third kappa shape index (κ3) is 4.28. The maximum Gasteiger partial charge on any atom is 0.261 e. The molecule has 0 spiro atoms. The predicted octanol–water partition coefficient (Wildman–Crippen LogP) is 6.24. The van der Waals surface area contributed by atoms with Crippen LogP contribution in [0, 0.1) is 0 Å². The van der Waals surface area contributed by atoms with Gasteiger partial charge in [-0.1, -0.05) is 109 Å². The monoisotopic (exact) mass is 473 g/mol. The fourth-order valence-electron chi connectivity index (χ4n) is 4.70. The highest BCUT2D eigenvalue weighted by Crippen LogP contribution is 2.40. The van der Waals surface area contributed by atoms with E-state index in [1.165, 1.54) is 4.90 Å². The summed E-state index contributed by atoms with van der Waals surface area (Å²) in [7, 11) is 0. The second-order valence-corrected chi connectivity index (χ2v) is 8.88. The molecule has 1 heterocycles. The minimum atomic E-state index is -0.825. The van der Waals surface area contributed by atoms with Crippen LogP contribution in [0.15, 0.2) is 127 Å². The highest BCUT2D eigenvalue weighted by Gasteiger charge is 2.38. The van der Waals surface area contributed by atoms with E-state index in [2.05, 4.69) is 36.4 Å². The second-order valence-electron chi connectivity index (χ2n) is 8.88. The van der Waals surface area contributed by atoms with Gasteiger partial charge < -0.3 is 4.74 Å². The van der Waals surface area contributed by atoms with E-state index in [0.717, 1.165) is 22.3 Å². The molecule has 2 amide bonds. The molecule has 36 heavy (non-hydrogen) atoms. The molecule has 1 aliphatic rings. The first-order chi connectivity index (χ1) is 17.6. The van der Waals surface area contributed by atoms with E-state index in [4.69, 9.17) is 4.74 Å². The minimum Gasteiger partial charge on any atom is -0.357 e. The summed E-state index contributed by atoms with van der Waals surface area (Å²) in [5, 5.41) is 0. The van der Waals surface area contributed by atoms with Gasteiger partial charge in [0.2, 0.25) is 0 Å². The standard InChI is InChI=1S/C32H27NO3/c1-24(21-22-33-30(34)28-19-11-12-20-29(28)31(33)35)23-36-32(25-13-5-2-6-14-25,26-15-7-3-8-16-26)27-17-9-4-10-18-27/h2-21H,22-23H2,1H3/b24-21+. The molecule has 0 radical (unpaired) electrons. The first-order valence-electron chi connectivity index (χ1n) is 12.0. The summed E-state index contributed by atoms with van der Waals surface area (Å²) in [4.78, 5) is 26.8. The van der Waals surface area contributed by atoms with Crippen LogP contribution in [-0.4, -0.2) is 29.9 Å². The average molecular weight is 474 g/mol. The molecule has 0 saturated heterocycles. The lowest BCUT2D eigenvalue weighted by Gasteiger charge is -2.36. The zero-order chi connectivity index (χ0) is 25.0. The lowest BCUT2D eigenvalue weighted by atomic mass is 9.80. The van der Waals surface area contributed by atoms with Crippen molar-refractivity contribution >= 4 is 11.8 Å². The number of nitrogens with zero attached hydrogens (tertiary/aromatic N) is 1. The maximum absolute atomic E-state index is 12.7. The van der Waals surface area contributed by atoms with Crippen molar-refractivity contribution < 1.29 is 14.3 Å². The molecule has 4 aromatic rings. The zero-order valence-corrected chi connectivity index (χ0v) is 20.1. The van der Waals surface area contributed by atoms with Gasteiger partial charge in [-0.15, -0.1) is 0 Å². The number of hydrogen-bond donors (Lipinski definition) is 0. The van der Waals surface area contributed by atoms with E-state index in [0.29, 0.717) is 17.7 Å². The third-order valence-electron chi connectivity index (χ3n) is 6.56. The predicted molar refractivity (Wildman–Crippen MR) is 141 cm³/mol. The van der Waals surface area contributed by atoms with E-state index in [1.807, 2.05) is 67.6 Å². The fraction of sp³-hybridized carbons (Fsp3) is 0.125. The van der Waals surface area contributed by atoms with Gasteiger partial charge in [0.15, 0.2) is 0 Å². The summed E-state index contributed by atoms with van der Waals surface area (Å²) in [6.45, 7) is 2.49. The minimum absolute atomic E-state index is 0.205. The Kier molecular flexibility index (Phi) is 6.61. The number of carbonyl (C=O) groups is 2. The maximum atomic E-state index is 12.7. The van der Waals surface area contributed by atoms with Gasteiger partial charge in [0, 0.05) is 6.54 Å². The fourth-order valence-corrected chi connectivity index (χ4v) is 4.70. The van der Waals surface area contributed by atoms with E-state index < -0.39 is 5.60 Å². The third-order valence-corrected chi connectivity index (χ3v) is 6.56. The normalized spacial score (nSPS) is 13.7. The number of ether oxygens (including phenoxy) is 1. The van der Waals surface area contributed by atoms with Crippen LogP contribution in [0.2, 0.25) is 0 Å². The first-order valence-corrected chi connectivity index (χ1v) is 12.0. The topological polar surface area (TPSA) is 46.6 Å². The summed E-state index contributed by atoms with van der Waals surface area (Å²) >= 11 is 0. The number of amides is 2. The Balaban J connectivity index is 1.45. The molecule has 1 aliphatic heterocycles. The number of fused-ring (bicyclic) bond motifs is 1. The number of carbonyl (C=O) groups excluding carboxylic acids is 2. The van der Waals surface area contributed by atoms with Gasteiger partial charge in [0.25, 0.3) is 11.8 Å². The van der Waals surface area contributed by atoms with E-state index in [9.17, 15) is 9.59 Å². The molecule has 4 heteroatoms. The number of imide groups is 1. The molecular weight excluding hydrogens is 446 g/mol. The molecule has 0 bridgehead atoms. The number of hydrogen-bond acceptors (Lipinski definition) is 3. The molecule has 0 atom stereocenters. The van der Waals surface area contributed by atoms with Gasteiger partial charge in [0.05, 0.1) is 17.7 Å². The van der Waals surface area contributed by atoms with Crippen molar-refractivity contribution in [2.24, 2.45) is 0 Å². The molecule has 5 rings (SSSR count). The SMILES string of the molecule is C/C(=C\CN1C(=O)c2ccccc2C1=O)COC(c1ccccc1)(c1ccccc1)c1ccccc1. The smallest absolute Gasteiger partial charge is 0.261 e. The molecule has 0 N–H and O–H groups in total. The average Bonchev–Trinajstić information content (AvgIpc) is 3.19. The Bertz CT molecular complexity index is 1260. The van der Waals surface area contributed by atoms with Crippen molar-refractivity contribution in [3.63, 3.8) is 0 Å². The van der Waals surface area contributed by atoms with Gasteiger partial charge in [-0.05, 0) is 41.3 Å². The largest absolute Gasteiger partial charge is 0.357 e. The van der Waals surface area contributed by atoms with Gasteiger partial charge in [-0.25, -0.2) is 0 Å². The molecular formula is C32H27NO3. The molecule has 0 fully saturated rings. The van der Waals surface area contributed by atoms with E-state index in [-0.39, 0.29) is 18.4 Å². The van der Waals surface area contributed by atoms with Gasteiger partial charge in [0.1, 0.15) is 5.60 Å². The van der Waals surface area contributed by atoms with Crippen LogP contribution in [0.5, 0.6) is 0 Å². The Labute approximate surface area is 211 Å². The van der Waals surface area contributed by atoms with Crippen LogP contribution >= 0.6 is 0 Å². The van der Waals surface area contributed by atoms with Crippen molar-refractivity contribution in [2.45, 2.75) is 12.5 Å². The molecule has 0 aliphatic carbocycles. The Morgan fingerprint density at radius 2 is 1.06 bits per heavy atom. The summed E-state index contributed by atoms with van der Waals surface area (Å²) in [6, 6.07) is 37.5. The van der Waals surface area contributed by atoms with E-state index in [1.54, 1.807) is 24.3 Å². The lowest BCUT2D eigenvalue weighted by Crippen LogP contribution is -2.34. The Hall–Kier alpha value is -4.28. The summed E-state index contributed by atoms with van der Waals surface area (Å²) < 4.78 is 6.82. The summed E-state index contributed by atoms with van der Waals surface area (Å²) in [5.41, 5.74) is 4.09. The highest BCUT2D eigenvalue weighted by atomic mass is 16.5. The molecule has 4 aromatic carbocycles. The molecule has 0 unspecified atom stereocenters. The van der Waals surface area contributed by atoms with Crippen LogP contribution < -0.4 is 0 Å². The van der Waals surface area contributed by atoms with Gasteiger partial charge >= 0.3 is 0 Å². The van der Waals surface area contributed by atoms with Crippen LogP contribution in [0.25, 0.3) is 0 Å². The van der Waals surface area contributed by atoms with Crippen LogP contribution in [0.1, 0.15) is 44.3 Å². The molecule has 178 valence electrons. The molecule has 0 saturated carbocycles. The Morgan fingerprint density at radius 1 is 0.667 bits per heavy atom. The van der Waals surface area contributed by atoms with Gasteiger partial charge in [-0.2, -0.15) is 0 Å². The molecule has 4 nitrogen and oxygen atoms in total. The number of benzene rings is 4. The first kappa shape index (κ1) is 23.5. The second kappa shape index (κ2) is 10.1. The summed E-state index contributed by atoms with van der Waals surface area (Å²) in [6.07, 6.45) is 1.90. The van der Waals surface area contributed by atoms with Crippen molar-refractivity contribution in [2.75, 3.05) is 13.2 Å². The van der Waals surface area contributed by atoms with Crippen molar-refractivity contribution in [1.82, 2.24) is 4.90 Å². The quantitative estimate of drug-likeness (QED) is 0.173.